The fraction of sp³-hybridized carbons (Fsp3) is 0.250. The molecule has 0 unspecified atom stereocenters. The lowest BCUT2D eigenvalue weighted by atomic mass is 10.2. The molecular weight excluding hydrogens is 284 g/mol. The first-order valence-corrected chi connectivity index (χ1v) is 7.25. The summed E-state index contributed by atoms with van der Waals surface area (Å²) in [7, 11) is -3.81. The largest absolute Gasteiger partial charge is 0.477 e. The van der Waals surface area contributed by atoms with Crippen molar-refractivity contribution in [2.75, 3.05) is 0 Å². The smallest absolute Gasteiger partial charge is 0.352 e. The van der Waals surface area contributed by atoms with Crippen molar-refractivity contribution in [2.24, 2.45) is 0 Å². The molecule has 0 amide bonds. The molecule has 108 valence electrons. The number of rotatable bonds is 5. The Bertz CT molecular complexity index is 728. The van der Waals surface area contributed by atoms with Crippen molar-refractivity contribution in [3.05, 3.63) is 41.1 Å². The molecule has 0 aliphatic carbocycles. The zero-order valence-electron chi connectivity index (χ0n) is 10.9. The van der Waals surface area contributed by atoms with E-state index in [0.29, 0.717) is 5.76 Å². The summed E-state index contributed by atoms with van der Waals surface area (Å²) in [6, 6.07) is 3.29. The van der Waals surface area contributed by atoms with Gasteiger partial charge in [0.05, 0.1) is 12.8 Å². The second-order valence-corrected chi connectivity index (χ2v) is 5.99. The molecule has 0 aromatic carbocycles. The van der Waals surface area contributed by atoms with Crippen LogP contribution in [0.1, 0.15) is 27.5 Å². The van der Waals surface area contributed by atoms with Gasteiger partial charge in [-0.3, -0.25) is 0 Å². The number of sulfonamides is 1. The van der Waals surface area contributed by atoms with Gasteiger partial charge in [-0.25, -0.2) is 17.9 Å². The van der Waals surface area contributed by atoms with Gasteiger partial charge in [-0.15, -0.1) is 0 Å². The van der Waals surface area contributed by atoms with E-state index in [0.717, 1.165) is 0 Å². The molecule has 2 rings (SSSR count). The third-order valence-electron chi connectivity index (χ3n) is 2.87. The third kappa shape index (κ3) is 2.61. The van der Waals surface area contributed by atoms with Crippen LogP contribution in [0.4, 0.5) is 0 Å². The maximum absolute atomic E-state index is 12.2. The van der Waals surface area contributed by atoms with Gasteiger partial charge < -0.3 is 14.5 Å². The van der Waals surface area contributed by atoms with Crippen LogP contribution in [-0.2, 0) is 16.6 Å². The Morgan fingerprint density at radius 1 is 1.45 bits per heavy atom. The van der Waals surface area contributed by atoms with Crippen LogP contribution in [0.15, 0.2) is 27.7 Å². The highest BCUT2D eigenvalue weighted by molar-refractivity contribution is 7.89. The van der Waals surface area contributed by atoms with E-state index in [-0.39, 0.29) is 28.4 Å². The molecule has 2 aromatic rings. The second kappa shape index (κ2) is 5.14. The number of nitrogens with one attached hydrogen (secondary N) is 2. The van der Waals surface area contributed by atoms with Crippen LogP contribution in [-0.4, -0.2) is 24.5 Å². The van der Waals surface area contributed by atoms with Crippen LogP contribution in [0, 0.1) is 13.8 Å². The molecule has 0 aliphatic rings. The van der Waals surface area contributed by atoms with Crippen LogP contribution >= 0.6 is 0 Å². The van der Waals surface area contributed by atoms with Crippen molar-refractivity contribution >= 4 is 16.0 Å². The Labute approximate surface area is 115 Å². The summed E-state index contributed by atoms with van der Waals surface area (Å²) in [5.74, 6) is -0.726. The number of aryl methyl sites for hydroxylation is 1. The zero-order chi connectivity index (χ0) is 14.9. The van der Waals surface area contributed by atoms with E-state index in [1.165, 1.54) is 20.1 Å². The van der Waals surface area contributed by atoms with Crippen LogP contribution in [0.25, 0.3) is 0 Å². The first-order chi connectivity index (χ1) is 9.33. The number of carboxylic acid groups (broad SMARTS) is 1. The lowest BCUT2D eigenvalue weighted by Gasteiger charge is -2.06. The van der Waals surface area contributed by atoms with Crippen molar-refractivity contribution in [1.29, 1.82) is 0 Å². The Kier molecular flexibility index (Phi) is 3.69. The molecule has 0 saturated carbocycles. The van der Waals surface area contributed by atoms with Crippen LogP contribution < -0.4 is 4.72 Å². The normalized spacial score (nSPS) is 11.7. The van der Waals surface area contributed by atoms with E-state index in [9.17, 15) is 13.2 Å². The van der Waals surface area contributed by atoms with Gasteiger partial charge in [0.15, 0.2) is 0 Å². The maximum atomic E-state index is 12.2. The molecule has 0 saturated heterocycles. The molecule has 0 spiro atoms. The SMILES string of the molecule is Cc1[nH]c(C(=O)O)c(C)c1S(=O)(=O)NCc1ccco1. The molecule has 0 radical (unpaired) electrons. The molecule has 0 atom stereocenters. The minimum atomic E-state index is -3.81. The van der Waals surface area contributed by atoms with E-state index in [2.05, 4.69) is 9.71 Å². The number of aromatic carboxylic acids is 1. The first kappa shape index (κ1) is 14.4. The molecular formula is C12H14N2O5S. The minimum absolute atomic E-state index is 0.00178. The van der Waals surface area contributed by atoms with Gasteiger partial charge in [0, 0.05) is 11.3 Å². The number of carbonyl (C=O) groups is 1. The molecule has 2 heterocycles. The van der Waals surface area contributed by atoms with Gasteiger partial charge in [0.25, 0.3) is 0 Å². The minimum Gasteiger partial charge on any atom is -0.477 e. The number of hydrogen-bond acceptors (Lipinski definition) is 4. The number of hydrogen-bond donors (Lipinski definition) is 3. The van der Waals surface area contributed by atoms with Crippen molar-refractivity contribution in [1.82, 2.24) is 9.71 Å². The predicted molar refractivity (Wildman–Crippen MR) is 70.0 cm³/mol. The van der Waals surface area contributed by atoms with Gasteiger partial charge in [-0.05, 0) is 26.0 Å². The Morgan fingerprint density at radius 2 is 2.15 bits per heavy atom. The number of carboxylic acids is 1. The number of aromatic nitrogens is 1. The number of furan rings is 1. The maximum Gasteiger partial charge on any atom is 0.352 e. The lowest BCUT2D eigenvalue weighted by Crippen LogP contribution is -2.24. The highest BCUT2D eigenvalue weighted by Crippen LogP contribution is 2.23. The number of H-pyrrole nitrogens is 1. The van der Waals surface area contributed by atoms with Gasteiger partial charge in [-0.2, -0.15) is 0 Å². The zero-order valence-corrected chi connectivity index (χ0v) is 11.7. The molecule has 0 bridgehead atoms. The summed E-state index contributed by atoms with van der Waals surface area (Å²) in [6.45, 7) is 2.97. The van der Waals surface area contributed by atoms with Gasteiger partial charge in [0.1, 0.15) is 16.3 Å². The van der Waals surface area contributed by atoms with E-state index in [4.69, 9.17) is 9.52 Å². The summed E-state index contributed by atoms with van der Waals surface area (Å²) in [5, 5.41) is 8.99. The summed E-state index contributed by atoms with van der Waals surface area (Å²) in [5.41, 5.74) is 0.342. The molecule has 20 heavy (non-hydrogen) atoms. The second-order valence-electron chi connectivity index (χ2n) is 4.29. The third-order valence-corrected chi connectivity index (χ3v) is 4.54. The summed E-state index contributed by atoms with van der Waals surface area (Å²) in [4.78, 5) is 13.5. The highest BCUT2D eigenvalue weighted by Gasteiger charge is 2.26. The van der Waals surface area contributed by atoms with Crippen molar-refractivity contribution in [3.8, 4) is 0 Å². The van der Waals surface area contributed by atoms with Crippen molar-refractivity contribution < 1.29 is 22.7 Å². The van der Waals surface area contributed by atoms with E-state index in [1.807, 2.05) is 0 Å². The van der Waals surface area contributed by atoms with E-state index >= 15 is 0 Å². The van der Waals surface area contributed by atoms with Gasteiger partial charge in [0.2, 0.25) is 10.0 Å². The average molecular weight is 298 g/mol. The van der Waals surface area contributed by atoms with Gasteiger partial charge in [-0.1, -0.05) is 0 Å². The standard InChI is InChI=1S/C12H14N2O5S/c1-7-10(12(15)16)14-8(2)11(7)20(17,18)13-6-9-4-3-5-19-9/h3-5,13-14H,6H2,1-2H3,(H,15,16). The van der Waals surface area contributed by atoms with Crippen LogP contribution in [0.3, 0.4) is 0 Å². The predicted octanol–water partition coefficient (Wildman–Crippen LogP) is 1.40. The van der Waals surface area contributed by atoms with Crippen LogP contribution in [0.2, 0.25) is 0 Å². The Hall–Kier alpha value is -2.06. The average Bonchev–Trinajstić information content (AvgIpc) is 2.95. The lowest BCUT2D eigenvalue weighted by molar-refractivity contribution is 0.0690. The van der Waals surface area contributed by atoms with Crippen molar-refractivity contribution in [2.45, 2.75) is 25.3 Å². The quantitative estimate of drug-likeness (QED) is 0.772. The monoisotopic (exact) mass is 298 g/mol. The molecule has 8 heteroatoms. The molecule has 0 fully saturated rings. The topological polar surface area (TPSA) is 112 Å². The fourth-order valence-corrected chi connectivity index (χ4v) is 3.44. The van der Waals surface area contributed by atoms with E-state index < -0.39 is 16.0 Å². The molecule has 2 aromatic heterocycles. The summed E-state index contributed by atoms with van der Waals surface area (Å²) >= 11 is 0. The summed E-state index contributed by atoms with van der Waals surface area (Å²) < 4.78 is 31.9. The molecule has 0 aliphatic heterocycles. The van der Waals surface area contributed by atoms with E-state index in [1.54, 1.807) is 12.1 Å². The van der Waals surface area contributed by atoms with Gasteiger partial charge >= 0.3 is 5.97 Å². The molecule has 7 nitrogen and oxygen atoms in total. The highest BCUT2D eigenvalue weighted by atomic mass is 32.2. The Balaban J connectivity index is 2.32. The fourth-order valence-electron chi connectivity index (χ4n) is 2.00. The van der Waals surface area contributed by atoms with Crippen molar-refractivity contribution in [3.63, 3.8) is 0 Å². The summed E-state index contributed by atoms with van der Waals surface area (Å²) in [6.07, 6.45) is 1.44. The molecule has 3 N–H and O–H groups in total. The Morgan fingerprint density at radius 3 is 2.65 bits per heavy atom. The van der Waals surface area contributed by atoms with Crippen LogP contribution in [0.5, 0.6) is 0 Å². The first-order valence-electron chi connectivity index (χ1n) is 5.77. The number of aromatic amines is 1.